The van der Waals surface area contributed by atoms with E-state index >= 15 is 0 Å². The van der Waals surface area contributed by atoms with Gasteiger partial charge in [0.25, 0.3) is 0 Å². The van der Waals surface area contributed by atoms with E-state index in [-0.39, 0.29) is 22.4 Å². The maximum atomic E-state index is 12.5. The minimum atomic E-state index is -0.221. The summed E-state index contributed by atoms with van der Waals surface area (Å²) in [5.41, 5.74) is 5.18. The predicted octanol–water partition coefficient (Wildman–Crippen LogP) is 8.15. The van der Waals surface area contributed by atoms with Crippen molar-refractivity contribution in [2.24, 2.45) is 34.0 Å². The van der Waals surface area contributed by atoms with Crippen LogP contribution in [0, 0.1) is 34.0 Å². The van der Waals surface area contributed by atoms with Gasteiger partial charge in [0.2, 0.25) is 5.78 Å². The van der Waals surface area contributed by atoms with Gasteiger partial charge in [0, 0.05) is 43.3 Å². The van der Waals surface area contributed by atoms with Gasteiger partial charge in [-0.05, 0) is 105 Å². The Morgan fingerprint density at radius 3 is 2.29 bits per heavy atom. The van der Waals surface area contributed by atoms with Crippen molar-refractivity contribution in [1.82, 2.24) is 10.2 Å². The predicted molar refractivity (Wildman–Crippen MR) is 174 cm³/mol. The van der Waals surface area contributed by atoms with Gasteiger partial charge in [-0.15, -0.1) is 0 Å². The summed E-state index contributed by atoms with van der Waals surface area (Å²) in [7, 11) is 1.75. The Hall–Kier alpha value is -1.69. The maximum absolute atomic E-state index is 12.5. The van der Waals surface area contributed by atoms with Crippen molar-refractivity contribution in [1.29, 1.82) is 0 Å². The summed E-state index contributed by atoms with van der Waals surface area (Å²) in [5, 5.41) is 13.7. The summed E-state index contributed by atoms with van der Waals surface area (Å²) in [6.45, 7) is 23.2. The van der Waals surface area contributed by atoms with Gasteiger partial charge in [0.15, 0.2) is 5.76 Å². The van der Waals surface area contributed by atoms with Crippen LogP contribution in [0.4, 0.5) is 0 Å². The zero-order valence-electron chi connectivity index (χ0n) is 28.4. The molecule has 0 aromatic rings. The van der Waals surface area contributed by atoms with Gasteiger partial charge in [0.1, 0.15) is 0 Å². The van der Waals surface area contributed by atoms with Crippen LogP contribution in [0.1, 0.15) is 107 Å². The van der Waals surface area contributed by atoms with Crippen molar-refractivity contribution in [3.63, 3.8) is 0 Å². The molecule has 236 valence electrons. The van der Waals surface area contributed by atoms with Gasteiger partial charge in [-0.2, -0.15) is 0 Å². The fraction of sp³-hybridized carbons (Fsp3) is 0.757. The van der Waals surface area contributed by atoms with Crippen molar-refractivity contribution >= 4 is 5.78 Å². The molecule has 6 aliphatic rings. The number of aliphatic hydroxyl groups is 1. The highest BCUT2D eigenvalue weighted by atomic mass is 16.5. The van der Waals surface area contributed by atoms with Gasteiger partial charge in [-0.1, -0.05) is 65.7 Å². The van der Waals surface area contributed by atoms with Crippen LogP contribution in [0.2, 0.25) is 0 Å². The second-order valence-corrected chi connectivity index (χ2v) is 15.0. The highest BCUT2D eigenvalue weighted by Crippen LogP contribution is 2.69. The van der Waals surface area contributed by atoms with E-state index in [4.69, 9.17) is 4.74 Å². The number of carbonyl (C=O) groups excluding carboxylic acids is 1. The largest absolute Gasteiger partial charge is 0.504 e. The summed E-state index contributed by atoms with van der Waals surface area (Å²) < 4.78 is 5.08. The molecule has 5 aliphatic carbocycles. The SMILES string of the molecule is CC.CC1=C(O)C(=O)C=C2C1=CC=C1C2(C)CCC2C3CC(C)CCC3(C)CCC12C.COCN1CC(C)NC(C)C1. The summed E-state index contributed by atoms with van der Waals surface area (Å²) in [4.78, 5) is 14.8. The lowest BCUT2D eigenvalue weighted by Gasteiger charge is -2.64. The average Bonchev–Trinajstić information content (AvgIpc) is 2.94. The number of allylic oxidation sites excluding steroid dienone is 7. The lowest BCUT2D eigenvalue weighted by atomic mass is 9.40. The highest BCUT2D eigenvalue weighted by Gasteiger charge is 2.60. The van der Waals surface area contributed by atoms with E-state index in [1.165, 1.54) is 38.5 Å². The van der Waals surface area contributed by atoms with Gasteiger partial charge in [-0.25, -0.2) is 0 Å². The summed E-state index contributed by atoms with van der Waals surface area (Å²) in [5.74, 6) is 2.13. The molecule has 6 rings (SSSR count). The number of fused-ring (bicyclic) bond motifs is 7. The van der Waals surface area contributed by atoms with E-state index < -0.39 is 0 Å². The fourth-order valence-electron chi connectivity index (χ4n) is 9.81. The summed E-state index contributed by atoms with van der Waals surface area (Å²) in [6, 6.07) is 1.18. The van der Waals surface area contributed by atoms with Crippen molar-refractivity contribution in [3.05, 3.63) is 46.3 Å². The zero-order chi connectivity index (χ0) is 31.0. The Kier molecular flexibility index (Phi) is 10.1. The Balaban J connectivity index is 0.000000263. The molecule has 0 spiro atoms. The molecule has 3 saturated carbocycles. The van der Waals surface area contributed by atoms with E-state index in [1.807, 2.05) is 20.8 Å². The zero-order valence-corrected chi connectivity index (χ0v) is 28.4. The first-order valence-electron chi connectivity index (χ1n) is 16.9. The summed E-state index contributed by atoms with van der Waals surface area (Å²) >= 11 is 0. The third kappa shape index (κ3) is 5.87. The number of nitrogens with one attached hydrogen (secondary N) is 1. The molecule has 5 heteroatoms. The Labute approximate surface area is 256 Å². The number of piperazine rings is 1. The lowest BCUT2D eigenvalue weighted by molar-refractivity contribution is -0.114. The molecule has 0 aromatic carbocycles. The molecule has 0 bridgehead atoms. The number of nitrogens with zero attached hydrogens (tertiary/aromatic N) is 1. The molecule has 1 aliphatic heterocycles. The first kappa shape index (κ1) is 33.2. The number of aliphatic hydroxyl groups excluding tert-OH is 1. The molecule has 4 fully saturated rings. The molecule has 42 heavy (non-hydrogen) atoms. The number of rotatable bonds is 2. The van der Waals surface area contributed by atoms with Crippen LogP contribution in [0.15, 0.2) is 46.3 Å². The van der Waals surface area contributed by atoms with Gasteiger partial charge < -0.3 is 15.2 Å². The second-order valence-electron chi connectivity index (χ2n) is 15.0. The minimum Gasteiger partial charge on any atom is -0.504 e. The molecule has 0 radical (unpaired) electrons. The molecule has 5 nitrogen and oxygen atoms in total. The van der Waals surface area contributed by atoms with Crippen molar-refractivity contribution in [2.45, 2.75) is 119 Å². The highest BCUT2D eigenvalue weighted by molar-refractivity contribution is 6.06. The molecular formula is C37H60N2O3. The third-order valence-electron chi connectivity index (χ3n) is 12.0. The van der Waals surface area contributed by atoms with Crippen LogP contribution in [0.3, 0.4) is 0 Å². The monoisotopic (exact) mass is 580 g/mol. The van der Waals surface area contributed by atoms with Gasteiger partial charge >= 0.3 is 0 Å². The maximum Gasteiger partial charge on any atom is 0.220 e. The molecule has 0 aromatic heterocycles. The molecule has 1 heterocycles. The van der Waals surface area contributed by atoms with Crippen LogP contribution in [0.25, 0.3) is 0 Å². The number of ether oxygens (including phenoxy) is 1. The second kappa shape index (κ2) is 12.7. The van der Waals surface area contributed by atoms with Crippen LogP contribution in [0.5, 0.6) is 0 Å². The quantitative estimate of drug-likeness (QED) is 0.345. The smallest absolute Gasteiger partial charge is 0.220 e. The van der Waals surface area contributed by atoms with E-state index in [1.54, 1.807) is 18.8 Å². The molecule has 0 amide bonds. The van der Waals surface area contributed by atoms with Crippen molar-refractivity contribution in [3.8, 4) is 0 Å². The van der Waals surface area contributed by atoms with Crippen LogP contribution >= 0.6 is 0 Å². The number of hydrogen-bond acceptors (Lipinski definition) is 5. The Morgan fingerprint density at radius 2 is 1.64 bits per heavy atom. The first-order valence-corrected chi connectivity index (χ1v) is 16.9. The molecule has 8 unspecified atom stereocenters. The fourth-order valence-corrected chi connectivity index (χ4v) is 9.81. The van der Waals surface area contributed by atoms with Crippen molar-refractivity contribution in [2.75, 3.05) is 26.9 Å². The van der Waals surface area contributed by atoms with Crippen LogP contribution < -0.4 is 5.32 Å². The number of ketones is 1. The van der Waals surface area contributed by atoms with E-state index in [0.29, 0.717) is 17.5 Å². The average molecular weight is 581 g/mol. The number of hydrogen-bond donors (Lipinski definition) is 2. The molecular weight excluding hydrogens is 520 g/mol. The standard InChI is InChI=1S/C27H36O2.C8H18N2O.C2H6/c1-16-8-10-25(3)12-13-27(5)19(21(25)14-16)9-11-26(4)20-15-22(28)24(29)17(2)18(20)6-7-23(26)27;1-7-4-10(6-11-3)5-8(2)9-7;1-2/h6-7,15-16,19,21,29H,8-14H2,1-5H3;7-9H,4-6H2,1-3H3;1-2H3. The Bertz CT molecular complexity index is 1140. The van der Waals surface area contributed by atoms with Crippen molar-refractivity contribution < 1.29 is 14.6 Å². The van der Waals surface area contributed by atoms with E-state index in [0.717, 1.165) is 60.7 Å². The first-order chi connectivity index (χ1) is 19.8. The molecule has 2 N–H and O–H groups in total. The molecule has 8 atom stereocenters. The van der Waals surface area contributed by atoms with E-state index in [9.17, 15) is 9.90 Å². The topological polar surface area (TPSA) is 61.8 Å². The number of carbonyl (C=O) groups is 1. The van der Waals surface area contributed by atoms with Crippen LogP contribution in [-0.4, -0.2) is 54.8 Å². The third-order valence-corrected chi connectivity index (χ3v) is 12.0. The summed E-state index contributed by atoms with van der Waals surface area (Å²) in [6.07, 6.45) is 15.5. The Morgan fingerprint density at radius 1 is 0.976 bits per heavy atom. The van der Waals surface area contributed by atoms with E-state index in [2.05, 4.69) is 63.9 Å². The lowest BCUT2D eigenvalue weighted by Crippen LogP contribution is -2.55. The normalized spacial score (nSPS) is 41.2. The number of methoxy groups -OCH3 is 1. The van der Waals surface area contributed by atoms with Gasteiger partial charge in [0.05, 0.1) is 6.73 Å². The molecule has 1 saturated heterocycles. The van der Waals surface area contributed by atoms with Crippen LogP contribution in [-0.2, 0) is 9.53 Å². The minimum absolute atomic E-state index is 0.0787. The van der Waals surface area contributed by atoms with Gasteiger partial charge in [-0.3, -0.25) is 9.69 Å².